The monoisotopic (exact) mass is 885 g/mol. The molecule has 0 radical (unpaired) electrons. The predicted octanol–water partition coefficient (Wildman–Crippen LogP) is 18.1. The molecule has 0 saturated heterocycles. The van der Waals surface area contributed by atoms with Crippen molar-refractivity contribution in [1.29, 1.82) is 0 Å². The Hall–Kier alpha value is -2.37. The molecule has 0 N–H and O–H groups in total. The van der Waals surface area contributed by atoms with E-state index in [1.165, 1.54) is 167 Å². The average Bonchev–Trinajstić information content (AvgIpc) is 3.28. The lowest BCUT2D eigenvalue weighted by Crippen LogP contribution is -2.30. The molecule has 0 amide bonds. The summed E-state index contributed by atoms with van der Waals surface area (Å²) in [6.45, 7) is 6.62. The molecule has 0 spiro atoms. The van der Waals surface area contributed by atoms with Crippen LogP contribution in [0.5, 0.6) is 0 Å². The molecule has 63 heavy (non-hydrogen) atoms. The number of ether oxygens (including phenoxy) is 3. The summed E-state index contributed by atoms with van der Waals surface area (Å²) in [5.41, 5.74) is 0. The number of carbonyl (C=O) groups excluding carboxylic acids is 3. The van der Waals surface area contributed by atoms with Crippen LogP contribution in [0.3, 0.4) is 0 Å². The number of rotatable bonds is 50. The maximum Gasteiger partial charge on any atom is 0.306 e. The molecule has 6 heteroatoms. The van der Waals surface area contributed by atoms with Crippen molar-refractivity contribution in [2.45, 2.75) is 297 Å². The van der Waals surface area contributed by atoms with Crippen molar-refractivity contribution in [3.8, 4) is 0 Å². The van der Waals surface area contributed by atoms with Crippen LogP contribution in [0.15, 0.2) is 36.5 Å². The lowest BCUT2D eigenvalue weighted by molar-refractivity contribution is -0.167. The van der Waals surface area contributed by atoms with Gasteiger partial charge in [-0.25, -0.2) is 0 Å². The van der Waals surface area contributed by atoms with E-state index in [1.54, 1.807) is 0 Å². The van der Waals surface area contributed by atoms with Gasteiger partial charge in [0.2, 0.25) is 0 Å². The number of esters is 3. The van der Waals surface area contributed by atoms with Crippen molar-refractivity contribution in [2.24, 2.45) is 0 Å². The third kappa shape index (κ3) is 50.5. The molecule has 1 atom stereocenters. The first-order valence-corrected chi connectivity index (χ1v) is 27.5. The fourth-order valence-electron chi connectivity index (χ4n) is 7.94. The smallest absolute Gasteiger partial charge is 0.306 e. The fourth-order valence-corrected chi connectivity index (χ4v) is 7.94. The highest BCUT2D eigenvalue weighted by atomic mass is 16.6. The summed E-state index contributed by atoms with van der Waals surface area (Å²) < 4.78 is 16.8. The van der Waals surface area contributed by atoms with Gasteiger partial charge in [0.1, 0.15) is 13.2 Å². The zero-order chi connectivity index (χ0) is 45.8. The van der Waals surface area contributed by atoms with E-state index >= 15 is 0 Å². The first-order valence-electron chi connectivity index (χ1n) is 27.5. The van der Waals surface area contributed by atoms with Gasteiger partial charge in [-0.05, 0) is 77.0 Å². The lowest BCUT2D eigenvalue weighted by atomic mass is 10.0. The van der Waals surface area contributed by atoms with Gasteiger partial charge in [-0.3, -0.25) is 14.4 Å². The molecule has 0 saturated carbocycles. The van der Waals surface area contributed by atoms with Crippen LogP contribution in [0.4, 0.5) is 0 Å². The zero-order valence-electron chi connectivity index (χ0n) is 42.1. The molecule has 0 rings (SSSR count). The number of hydrogen-bond donors (Lipinski definition) is 0. The van der Waals surface area contributed by atoms with Crippen molar-refractivity contribution in [3.63, 3.8) is 0 Å². The third-order valence-corrected chi connectivity index (χ3v) is 12.1. The Morgan fingerprint density at radius 3 is 0.921 bits per heavy atom. The van der Waals surface area contributed by atoms with Crippen molar-refractivity contribution in [3.05, 3.63) is 36.5 Å². The maximum absolute atomic E-state index is 12.8. The molecule has 0 aromatic heterocycles. The fraction of sp³-hybridized carbons (Fsp3) is 0.842. The van der Waals surface area contributed by atoms with E-state index in [9.17, 15) is 14.4 Å². The van der Waals surface area contributed by atoms with Crippen molar-refractivity contribution in [1.82, 2.24) is 0 Å². The average molecular weight is 885 g/mol. The van der Waals surface area contributed by atoms with Crippen LogP contribution in [-0.4, -0.2) is 37.2 Å². The summed E-state index contributed by atoms with van der Waals surface area (Å²) in [6, 6.07) is 0. The van der Waals surface area contributed by atoms with Gasteiger partial charge in [0.25, 0.3) is 0 Å². The number of carbonyl (C=O) groups is 3. The molecule has 1 unspecified atom stereocenters. The Kier molecular flexibility index (Phi) is 50.3. The van der Waals surface area contributed by atoms with E-state index in [-0.39, 0.29) is 31.1 Å². The summed E-state index contributed by atoms with van der Waals surface area (Å²) in [4.78, 5) is 38.0. The minimum Gasteiger partial charge on any atom is -0.462 e. The van der Waals surface area contributed by atoms with Crippen LogP contribution in [0, 0.1) is 0 Å². The second-order valence-electron chi connectivity index (χ2n) is 18.5. The third-order valence-electron chi connectivity index (χ3n) is 12.1. The van der Waals surface area contributed by atoms with E-state index in [0.29, 0.717) is 19.3 Å². The molecule has 0 bridgehead atoms. The van der Waals surface area contributed by atoms with Crippen molar-refractivity contribution >= 4 is 17.9 Å². The van der Waals surface area contributed by atoms with Crippen LogP contribution in [0.25, 0.3) is 0 Å². The molecular weight excluding hydrogens is 781 g/mol. The molecule has 0 heterocycles. The van der Waals surface area contributed by atoms with Crippen LogP contribution in [-0.2, 0) is 28.6 Å². The van der Waals surface area contributed by atoms with E-state index in [0.717, 1.165) is 83.5 Å². The Bertz CT molecular complexity index is 1060. The van der Waals surface area contributed by atoms with Crippen LogP contribution >= 0.6 is 0 Å². The number of allylic oxidation sites excluding steroid dienone is 6. The standard InChI is InChI=1S/C57H104O6/c1-4-7-10-13-16-19-22-25-27-28-29-31-32-35-38-41-44-47-50-56(59)62-53-54(52-61-55(58)49-46-43-40-37-34-24-21-18-15-12-9-6-3)63-57(60)51-48-45-42-39-36-33-30-26-23-20-17-14-11-8-5-2/h17,20,26-28,30,54H,4-16,18-19,21-25,29,31-53H2,1-3H3/b20-17-,28-27-,30-26-. The predicted molar refractivity (Wildman–Crippen MR) is 270 cm³/mol. The largest absolute Gasteiger partial charge is 0.462 e. The second kappa shape index (κ2) is 52.3. The molecule has 368 valence electrons. The number of unbranched alkanes of at least 4 members (excludes halogenated alkanes) is 33. The molecule has 0 aromatic rings. The van der Waals surface area contributed by atoms with Gasteiger partial charge < -0.3 is 14.2 Å². The van der Waals surface area contributed by atoms with Crippen molar-refractivity contribution < 1.29 is 28.6 Å². The summed E-state index contributed by atoms with van der Waals surface area (Å²) >= 11 is 0. The highest BCUT2D eigenvalue weighted by molar-refractivity contribution is 5.71. The van der Waals surface area contributed by atoms with E-state index < -0.39 is 6.10 Å². The van der Waals surface area contributed by atoms with Gasteiger partial charge >= 0.3 is 17.9 Å². The first kappa shape index (κ1) is 60.6. The van der Waals surface area contributed by atoms with Gasteiger partial charge in [0, 0.05) is 19.3 Å². The molecule has 0 aliphatic heterocycles. The Morgan fingerprint density at radius 2 is 0.571 bits per heavy atom. The van der Waals surface area contributed by atoms with Gasteiger partial charge in [-0.1, -0.05) is 231 Å². The minimum atomic E-state index is -0.777. The summed E-state index contributed by atoms with van der Waals surface area (Å²) in [6.07, 6.45) is 61.2. The van der Waals surface area contributed by atoms with Crippen LogP contribution in [0.2, 0.25) is 0 Å². The summed E-state index contributed by atoms with van der Waals surface area (Å²) in [5, 5.41) is 0. The van der Waals surface area contributed by atoms with E-state index in [1.807, 2.05) is 0 Å². The molecular formula is C57H104O6. The molecule has 0 aromatic carbocycles. The zero-order valence-corrected chi connectivity index (χ0v) is 42.1. The quantitative estimate of drug-likeness (QED) is 0.0262. The Morgan fingerprint density at radius 1 is 0.317 bits per heavy atom. The molecule has 0 fully saturated rings. The number of hydrogen-bond acceptors (Lipinski definition) is 6. The van der Waals surface area contributed by atoms with Gasteiger partial charge in [0.05, 0.1) is 0 Å². The molecule has 6 nitrogen and oxygen atoms in total. The molecule has 0 aliphatic carbocycles. The summed E-state index contributed by atoms with van der Waals surface area (Å²) in [5.74, 6) is -0.882. The van der Waals surface area contributed by atoms with E-state index in [2.05, 4.69) is 57.2 Å². The van der Waals surface area contributed by atoms with Gasteiger partial charge in [0.15, 0.2) is 6.10 Å². The Balaban J connectivity index is 4.35. The highest BCUT2D eigenvalue weighted by Gasteiger charge is 2.19. The van der Waals surface area contributed by atoms with Crippen LogP contribution in [0.1, 0.15) is 290 Å². The van der Waals surface area contributed by atoms with Crippen molar-refractivity contribution in [2.75, 3.05) is 13.2 Å². The highest BCUT2D eigenvalue weighted by Crippen LogP contribution is 2.15. The second-order valence-corrected chi connectivity index (χ2v) is 18.5. The Labute approximate surface area is 391 Å². The van der Waals surface area contributed by atoms with Gasteiger partial charge in [-0.2, -0.15) is 0 Å². The first-order chi connectivity index (χ1) is 31.0. The minimum absolute atomic E-state index is 0.0761. The van der Waals surface area contributed by atoms with E-state index in [4.69, 9.17) is 14.2 Å². The van der Waals surface area contributed by atoms with Gasteiger partial charge in [-0.15, -0.1) is 0 Å². The topological polar surface area (TPSA) is 78.9 Å². The summed E-state index contributed by atoms with van der Waals surface area (Å²) in [7, 11) is 0. The van der Waals surface area contributed by atoms with Crippen LogP contribution < -0.4 is 0 Å². The molecule has 0 aliphatic rings. The normalized spacial score (nSPS) is 12.2. The maximum atomic E-state index is 12.8. The SMILES string of the molecule is CCCCC/C=C\C/C=C\CCCCCCCC(=O)OC(COC(=O)CCCCCCCCC/C=C\CCCCCCCCC)COC(=O)CCCCCCCCCCCCCC. The lowest BCUT2D eigenvalue weighted by Gasteiger charge is -2.18.